The molecule has 2 aromatic rings. The first-order valence-electron chi connectivity index (χ1n) is 10.5. The molecule has 2 bridgehead atoms. The van der Waals surface area contributed by atoms with Crippen molar-refractivity contribution >= 4 is 29.2 Å². The Morgan fingerprint density at radius 1 is 1.24 bits per heavy atom. The number of aromatic amines is 1. The van der Waals surface area contributed by atoms with Crippen molar-refractivity contribution in [2.45, 2.75) is 64.6 Å². The molecule has 7 heteroatoms. The van der Waals surface area contributed by atoms with Crippen molar-refractivity contribution in [2.24, 2.45) is 23.5 Å². The molecule has 1 aromatic heterocycles. The average molecular weight is 419 g/mol. The van der Waals surface area contributed by atoms with E-state index in [1.807, 2.05) is 36.9 Å². The van der Waals surface area contributed by atoms with Crippen LogP contribution < -0.4 is 11.3 Å². The van der Waals surface area contributed by atoms with Gasteiger partial charge in [-0.15, -0.1) is 12.4 Å². The maximum Gasteiger partial charge on any atom is 0.258 e. The van der Waals surface area contributed by atoms with Gasteiger partial charge in [-0.3, -0.25) is 9.59 Å². The number of halogens is 1. The van der Waals surface area contributed by atoms with Gasteiger partial charge < -0.3 is 15.6 Å². The third-order valence-corrected chi connectivity index (χ3v) is 6.65. The molecule has 2 atom stereocenters. The van der Waals surface area contributed by atoms with E-state index in [4.69, 9.17) is 5.73 Å². The molecule has 6 nitrogen and oxygen atoms in total. The van der Waals surface area contributed by atoms with Crippen molar-refractivity contribution in [1.29, 1.82) is 0 Å². The van der Waals surface area contributed by atoms with Crippen LogP contribution in [-0.2, 0) is 11.3 Å². The smallest absolute Gasteiger partial charge is 0.258 e. The van der Waals surface area contributed by atoms with E-state index in [0.717, 1.165) is 25.7 Å². The summed E-state index contributed by atoms with van der Waals surface area (Å²) in [4.78, 5) is 35.1. The molecule has 4 rings (SSSR count). The predicted octanol–water partition coefficient (Wildman–Crippen LogP) is 3.24. The fraction of sp³-hybridized carbons (Fsp3) is 0.591. The van der Waals surface area contributed by atoms with E-state index in [-0.39, 0.29) is 41.9 Å². The number of hydrogen-bond donors (Lipinski definition) is 2. The summed E-state index contributed by atoms with van der Waals surface area (Å²) in [5.74, 6) is 1.68. The Bertz CT molecular complexity index is 914. The lowest BCUT2D eigenvalue weighted by Gasteiger charge is -2.45. The van der Waals surface area contributed by atoms with Crippen LogP contribution in [-0.4, -0.2) is 32.9 Å². The zero-order valence-electron chi connectivity index (χ0n) is 17.1. The van der Waals surface area contributed by atoms with Crippen LogP contribution in [0.5, 0.6) is 0 Å². The number of fused-ring (bicyclic) bond motifs is 3. The molecule has 1 heterocycles. The average Bonchev–Trinajstić information content (AvgIpc) is 2.65. The number of carbonyl (C=O) groups is 1. The lowest BCUT2D eigenvalue weighted by molar-refractivity contribution is -0.141. The lowest BCUT2D eigenvalue weighted by atomic mass is 9.65. The van der Waals surface area contributed by atoms with E-state index < -0.39 is 0 Å². The third kappa shape index (κ3) is 4.33. The van der Waals surface area contributed by atoms with Gasteiger partial charge in [-0.2, -0.15) is 0 Å². The molecular weight excluding hydrogens is 388 g/mol. The number of hydrogen-bond acceptors (Lipinski definition) is 4. The van der Waals surface area contributed by atoms with Crippen LogP contribution in [0, 0.1) is 17.8 Å². The summed E-state index contributed by atoms with van der Waals surface area (Å²) in [6.45, 7) is 4.37. The van der Waals surface area contributed by atoms with Crippen LogP contribution in [0.4, 0.5) is 0 Å². The van der Waals surface area contributed by atoms with Crippen molar-refractivity contribution in [3.05, 3.63) is 40.4 Å². The van der Waals surface area contributed by atoms with E-state index >= 15 is 0 Å². The van der Waals surface area contributed by atoms with Crippen LogP contribution in [0.3, 0.4) is 0 Å². The van der Waals surface area contributed by atoms with Crippen LogP contribution >= 0.6 is 12.4 Å². The first-order chi connectivity index (χ1) is 13.4. The van der Waals surface area contributed by atoms with E-state index in [9.17, 15) is 9.59 Å². The molecule has 2 fully saturated rings. The molecule has 29 heavy (non-hydrogen) atoms. The first kappa shape index (κ1) is 21.8. The highest BCUT2D eigenvalue weighted by Gasteiger charge is 2.42. The number of nitrogens with two attached hydrogens (primary N) is 1. The van der Waals surface area contributed by atoms with Crippen molar-refractivity contribution < 1.29 is 4.79 Å². The van der Waals surface area contributed by atoms with Crippen molar-refractivity contribution in [3.8, 4) is 0 Å². The highest BCUT2D eigenvalue weighted by atomic mass is 35.5. The molecule has 2 saturated carbocycles. The molecule has 1 aromatic carbocycles. The fourth-order valence-electron chi connectivity index (χ4n) is 5.11. The van der Waals surface area contributed by atoms with Gasteiger partial charge in [0, 0.05) is 18.0 Å². The van der Waals surface area contributed by atoms with Gasteiger partial charge in [0.1, 0.15) is 5.82 Å². The zero-order valence-corrected chi connectivity index (χ0v) is 18.0. The molecular formula is C22H31ClN4O2. The predicted molar refractivity (Wildman–Crippen MR) is 117 cm³/mol. The Hall–Kier alpha value is -1.92. The van der Waals surface area contributed by atoms with Gasteiger partial charge in [0.05, 0.1) is 17.4 Å². The second-order valence-corrected chi connectivity index (χ2v) is 8.79. The van der Waals surface area contributed by atoms with E-state index in [1.54, 1.807) is 6.07 Å². The van der Waals surface area contributed by atoms with Crippen LogP contribution in [0.25, 0.3) is 10.9 Å². The number of para-hydroxylation sites is 1. The second kappa shape index (κ2) is 8.84. The molecule has 0 radical (unpaired) electrons. The minimum Gasteiger partial charge on any atom is -0.333 e. The summed E-state index contributed by atoms with van der Waals surface area (Å²) in [5.41, 5.74) is 6.91. The van der Waals surface area contributed by atoms with Crippen LogP contribution in [0.1, 0.15) is 51.8 Å². The molecule has 0 spiro atoms. The van der Waals surface area contributed by atoms with E-state index in [1.165, 1.54) is 6.42 Å². The topological polar surface area (TPSA) is 92.1 Å². The van der Waals surface area contributed by atoms with Gasteiger partial charge in [0.25, 0.3) is 5.56 Å². The van der Waals surface area contributed by atoms with Crippen LogP contribution in [0.2, 0.25) is 0 Å². The number of amides is 1. The Morgan fingerprint density at radius 2 is 1.90 bits per heavy atom. The monoisotopic (exact) mass is 418 g/mol. The lowest BCUT2D eigenvalue weighted by Crippen LogP contribution is -2.50. The minimum absolute atomic E-state index is 0. The summed E-state index contributed by atoms with van der Waals surface area (Å²) >= 11 is 0. The summed E-state index contributed by atoms with van der Waals surface area (Å²) in [6, 6.07) is 7.59. The van der Waals surface area contributed by atoms with E-state index in [0.29, 0.717) is 35.1 Å². The van der Waals surface area contributed by atoms with Gasteiger partial charge >= 0.3 is 0 Å². The summed E-state index contributed by atoms with van der Waals surface area (Å²) in [5, 5.41) is 0.572. The second-order valence-electron chi connectivity index (χ2n) is 8.79. The third-order valence-electron chi connectivity index (χ3n) is 6.65. The Balaban J connectivity index is 0.00000240. The Morgan fingerprint density at radius 3 is 2.55 bits per heavy atom. The normalized spacial score (nSPS) is 26.2. The standard InChI is InChI=1S/C22H30N4O2.ClH/c1-13(2)26(12-19-24-18-9-4-3-8-17(18)21(27)25-19)22(28)16-10-14-6-5-7-15(11-16)20(14)23;/h3-4,8-9,13-16,20H,5-7,10-12,23H2,1-2H3,(H,24,25,27);1H. The van der Waals surface area contributed by atoms with E-state index in [2.05, 4.69) is 9.97 Å². The van der Waals surface area contributed by atoms with Crippen molar-refractivity contribution in [1.82, 2.24) is 14.9 Å². The van der Waals surface area contributed by atoms with Gasteiger partial charge in [-0.25, -0.2) is 4.98 Å². The highest BCUT2D eigenvalue weighted by molar-refractivity contribution is 5.85. The number of rotatable bonds is 4. The van der Waals surface area contributed by atoms with Gasteiger partial charge in [0.15, 0.2) is 0 Å². The SMILES string of the molecule is CC(C)N(Cc1nc2ccccc2c(=O)[nH]1)C(=O)C1CC2CCCC(C1)C2N.Cl. The van der Waals surface area contributed by atoms with Crippen LogP contribution in [0.15, 0.2) is 29.1 Å². The number of aromatic nitrogens is 2. The number of nitrogens with one attached hydrogen (secondary N) is 1. The molecule has 2 aliphatic rings. The largest absolute Gasteiger partial charge is 0.333 e. The maximum atomic E-state index is 13.4. The number of nitrogens with zero attached hydrogens (tertiary/aromatic N) is 2. The molecule has 0 aliphatic heterocycles. The summed E-state index contributed by atoms with van der Waals surface area (Å²) in [7, 11) is 0. The van der Waals surface area contributed by atoms with Crippen molar-refractivity contribution in [3.63, 3.8) is 0 Å². The summed E-state index contributed by atoms with van der Waals surface area (Å²) < 4.78 is 0. The number of benzene rings is 1. The van der Waals surface area contributed by atoms with Gasteiger partial charge in [0.2, 0.25) is 5.91 Å². The summed E-state index contributed by atoms with van der Waals surface area (Å²) in [6.07, 6.45) is 5.30. The van der Waals surface area contributed by atoms with Crippen molar-refractivity contribution in [2.75, 3.05) is 0 Å². The molecule has 158 valence electrons. The molecule has 1 amide bonds. The molecule has 0 saturated heterocycles. The minimum atomic E-state index is -0.157. The Kier molecular flexibility index (Phi) is 6.64. The molecule has 3 N–H and O–H groups in total. The maximum absolute atomic E-state index is 13.4. The first-order valence-corrected chi connectivity index (χ1v) is 10.5. The zero-order chi connectivity index (χ0) is 19.8. The number of H-pyrrole nitrogens is 1. The number of carbonyl (C=O) groups excluding carboxylic acids is 1. The highest BCUT2D eigenvalue weighted by Crippen LogP contribution is 2.42. The molecule has 2 aliphatic carbocycles. The van der Waals surface area contributed by atoms with Gasteiger partial charge in [-0.1, -0.05) is 18.6 Å². The fourth-order valence-corrected chi connectivity index (χ4v) is 5.11. The van der Waals surface area contributed by atoms with Gasteiger partial charge in [-0.05, 0) is 63.5 Å². The Labute approximate surface area is 177 Å². The quantitative estimate of drug-likeness (QED) is 0.797. The molecule has 2 unspecified atom stereocenters.